The molecule has 1 aliphatic carbocycles. The van der Waals surface area contributed by atoms with Gasteiger partial charge in [-0.25, -0.2) is 0 Å². The van der Waals surface area contributed by atoms with Gasteiger partial charge in [0.1, 0.15) is 5.76 Å². The van der Waals surface area contributed by atoms with Gasteiger partial charge in [0.25, 0.3) is 0 Å². The number of halogens is 1. The van der Waals surface area contributed by atoms with Crippen LogP contribution in [0.15, 0.2) is 21.2 Å². The fraction of sp³-hybridized carbons (Fsp3) is 0.545. The first kappa shape index (κ1) is 10.7. The van der Waals surface area contributed by atoms with Crippen molar-refractivity contribution >= 4 is 21.8 Å². The summed E-state index contributed by atoms with van der Waals surface area (Å²) in [6.07, 6.45) is 4.44. The third kappa shape index (κ3) is 2.84. The minimum Gasteiger partial charge on any atom is -0.452 e. The first-order chi connectivity index (χ1) is 7.25. The van der Waals surface area contributed by atoms with E-state index in [4.69, 9.17) is 4.42 Å². The number of amides is 1. The summed E-state index contributed by atoms with van der Waals surface area (Å²) in [5, 5.41) is 2.90. The summed E-state index contributed by atoms with van der Waals surface area (Å²) in [6.45, 7) is 0.487. The Kier molecular flexibility index (Phi) is 3.46. The molecule has 1 aromatic rings. The lowest BCUT2D eigenvalue weighted by Crippen LogP contribution is -2.28. The van der Waals surface area contributed by atoms with Crippen molar-refractivity contribution in [3.05, 3.63) is 22.6 Å². The molecule has 1 aromatic heterocycles. The van der Waals surface area contributed by atoms with E-state index in [1.54, 1.807) is 0 Å². The van der Waals surface area contributed by atoms with Crippen LogP contribution in [-0.2, 0) is 11.3 Å². The summed E-state index contributed by atoms with van der Waals surface area (Å²) >= 11 is 3.23. The molecule has 0 spiro atoms. The highest BCUT2D eigenvalue weighted by molar-refractivity contribution is 9.10. The van der Waals surface area contributed by atoms with Gasteiger partial charge in [-0.05, 0) is 40.9 Å². The average Bonchev–Trinajstić information content (AvgIpc) is 2.84. The van der Waals surface area contributed by atoms with Crippen LogP contribution in [0.1, 0.15) is 31.4 Å². The Hall–Kier alpha value is -0.770. The molecule has 0 unspecified atom stereocenters. The molecule has 0 atom stereocenters. The van der Waals surface area contributed by atoms with E-state index >= 15 is 0 Å². The van der Waals surface area contributed by atoms with E-state index in [1.807, 2.05) is 12.1 Å². The normalized spacial score (nSPS) is 16.9. The van der Waals surface area contributed by atoms with E-state index in [0.717, 1.165) is 18.6 Å². The SMILES string of the molecule is O=C(NCc1ccc(Br)o1)C1CCCC1. The Morgan fingerprint density at radius 1 is 1.47 bits per heavy atom. The van der Waals surface area contributed by atoms with Crippen molar-refractivity contribution in [1.29, 1.82) is 0 Å². The molecule has 2 rings (SSSR count). The molecule has 1 N–H and O–H groups in total. The van der Waals surface area contributed by atoms with Crippen LogP contribution in [0.2, 0.25) is 0 Å². The van der Waals surface area contributed by atoms with Crippen molar-refractivity contribution < 1.29 is 9.21 Å². The molecule has 82 valence electrons. The number of carbonyl (C=O) groups is 1. The molecule has 1 fully saturated rings. The van der Waals surface area contributed by atoms with E-state index in [0.29, 0.717) is 11.2 Å². The van der Waals surface area contributed by atoms with Gasteiger partial charge in [-0.3, -0.25) is 4.79 Å². The zero-order chi connectivity index (χ0) is 10.7. The van der Waals surface area contributed by atoms with Crippen LogP contribution in [0.25, 0.3) is 0 Å². The molecular weight excluding hydrogens is 258 g/mol. The maximum Gasteiger partial charge on any atom is 0.223 e. The van der Waals surface area contributed by atoms with Gasteiger partial charge >= 0.3 is 0 Å². The van der Waals surface area contributed by atoms with Gasteiger partial charge in [0.2, 0.25) is 5.91 Å². The average molecular weight is 272 g/mol. The Balaban J connectivity index is 1.80. The summed E-state index contributed by atoms with van der Waals surface area (Å²) in [6, 6.07) is 3.69. The molecule has 0 radical (unpaired) electrons. The fourth-order valence-electron chi connectivity index (χ4n) is 1.95. The lowest BCUT2D eigenvalue weighted by atomic mass is 10.1. The van der Waals surface area contributed by atoms with E-state index < -0.39 is 0 Å². The number of hydrogen-bond acceptors (Lipinski definition) is 2. The van der Waals surface area contributed by atoms with Gasteiger partial charge in [0.15, 0.2) is 4.67 Å². The Labute approximate surface area is 97.4 Å². The van der Waals surface area contributed by atoms with Crippen LogP contribution in [-0.4, -0.2) is 5.91 Å². The maximum atomic E-state index is 11.7. The first-order valence-corrected chi connectivity index (χ1v) is 6.07. The second kappa shape index (κ2) is 4.84. The zero-order valence-corrected chi connectivity index (χ0v) is 10.0. The second-order valence-electron chi connectivity index (χ2n) is 3.91. The molecule has 0 aliphatic heterocycles. The Morgan fingerprint density at radius 3 is 2.80 bits per heavy atom. The minimum atomic E-state index is 0.167. The van der Waals surface area contributed by atoms with Gasteiger partial charge in [-0.2, -0.15) is 0 Å². The monoisotopic (exact) mass is 271 g/mol. The van der Waals surface area contributed by atoms with Crippen molar-refractivity contribution in [1.82, 2.24) is 5.32 Å². The van der Waals surface area contributed by atoms with Crippen molar-refractivity contribution in [2.24, 2.45) is 5.92 Å². The molecule has 1 heterocycles. The number of rotatable bonds is 3. The van der Waals surface area contributed by atoms with E-state index in [9.17, 15) is 4.79 Å². The lowest BCUT2D eigenvalue weighted by molar-refractivity contribution is -0.125. The van der Waals surface area contributed by atoms with Gasteiger partial charge in [-0.1, -0.05) is 12.8 Å². The third-order valence-electron chi connectivity index (χ3n) is 2.79. The molecule has 3 nitrogen and oxygen atoms in total. The molecule has 15 heavy (non-hydrogen) atoms. The highest BCUT2D eigenvalue weighted by Crippen LogP contribution is 2.24. The molecule has 4 heteroatoms. The fourth-order valence-corrected chi connectivity index (χ4v) is 2.29. The molecule has 1 aliphatic rings. The van der Waals surface area contributed by atoms with Crippen molar-refractivity contribution in [3.63, 3.8) is 0 Å². The highest BCUT2D eigenvalue weighted by atomic mass is 79.9. The highest BCUT2D eigenvalue weighted by Gasteiger charge is 2.22. The first-order valence-electron chi connectivity index (χ1n) is 5.27. The smallest absolute Gasteiger partial charge is 0.223 e. The number of carbonyl (C=O) groups excluding carboxylic acids is 1. The molecule has 1 amide bonds. The zero-order valence-electron chi connectivity index (χ0n) is 8.46. The van der Waals surface area contributed by atoms with Crippen LogP contribution in [0.5, 0.6) is 0 Å². The van der Waals surface area contributed by atoms with Crippen LogP contribution < -0.4 is 5.32 Å². The number of furan rings is 1. The summed E-state index contributed by atoms with van der Waals surface area (Å²) in [4.78, 5) is 11.7. The molecule has 1 saturated carbocycles. The molecule has 0 bridgehead atoms. The van der Waals surface area contributed by atoms with Crippen molar-refractivity contribution in [2.75, 3.05) is 0 Å². The quantitative estimate of drug-likeness (QED) is 0.919. The van der Waals surface area contributed by atoms with E-state index in [-0.39, 0.29) is 11.8 Å². The predicted molar refractivity (Wildman–Crippen MR) is 60.2 cm³/mol. The Morgan fingerprint density at radius 2 is 2.20 bits per heavy atom. The summed E-state index contributed by atoms with van der Waals surface area (Å²) < 4.78 is 6.00. The second-order valence-corrected chi connectivity index (χ2v) is 4.69. The number of hydrogen-bond donors (Lipinski definition) is 1. The molecule has 0 aromatic carbocycles. The summed E-state index contributed by atoms with van der Waals surface area (Å²) in [5.74, 6) is 1.18. The van der Waals surface area contributed by atoms with Gasteiger partial charge in [0, 0.05) is 5.92 Å². The van der Waals surface area contributed by atoms with Crippen molar-refractivity contribution in [2.45, 2.75) is 32.2 Å². The Bertz CT molecular complexity index is 342. The maximum absolute atomic E-state index is 11.7. The van der Waals surface area contributed by atoms with Crippen molar-refractivity contribution in [3.8, 4) is 0 Å². The van der Waals surface area contributed by atoms with Gasteiger partial charge < -0.3 is 9.73 Å². The van der Waals surface area contributed by atoms with Gasteiger partial charge in [-0.15, -0.1) is 0 Å². The summed E-state index contributed by atoms with van der Waals surface area (Å²) in [7, 11) is 0. The lowest BCUT2D eigenvalue weighted by Gasteiger charge is -2.08. The minimum absolute atomic E-state index is 0.167. The number of nitrogens with one attached hydrogen (secondary N) is 1. The largest absolute Gasteiger partial charge is 0.452 e. The van der Waals surface area contributed by atoms with Crippen LogP contribution in [0, 0.1) is 5.92 Å². The molecular formula is C11H14BrNO2. The van der Waals surface area contributed by atoms with E-state index in [2.05, 4.69) is 21.2 Å². The predicted octanol–water partition coefficient (Wildman–Crippen LogP) is 2.85. The summed E-state index contributed by atoms with van der Waals surface area (Å²) in [5.41, 5.74) is 0. The van der Waals surface area contributed by atoms with Gasteiger partial charge in [0.05, 0.1) is 6.54 Å². The molecule has 0 saturated heterocycles. The third-order valence-corrected chi connectivity index (χ3v) is 3.22. The van der Waals surface area contributed by atoms with Crippen LogP contribution >= 0.6 is 15.9 Å². The van der Waals surface area contributed by atoms with Crippen LogP contribution in [0.3, 0.4) is 0 Å². The topological polar surface area (TPSA) is 42.2 Å². The van der Waals surface area contributed by atoms with E-state index in [1.165, 1.54) is 12.8 Å². The van der Waals surface area contributed by atoms with Crippen LogP contribution in [0.4, 0.5) is 0 Å². The standard InChI is InChI=1S/C11H14BrNO2/c12-10-6-5-9(15-10)7-13-11(14)8-3-1-2-4-8/h5-6,8H,1-4,7H2,(H,13,14).